The van der Waals surface area contributed by atoms with Crippen LogP contribution in [0.25, 0.3) is 11.4 Å². The van der Waals surface area contributed by atoms with Crippen molar-refractivity contribution in [1.29, 1.82) is 0 Å². The molecule has 3 rings (SSSR count). The van der Waals surface area contributed by atoms with E-state index in [2.05, 4.69) is 10.1 Å². The van der Waals surface area contributed by atoms with Crippen LogP contribution in [0.15, 0.2) is 51.9 Å². The average Bonchev–Trinajstić information content (AvgIpc) is 3.15. The van der Waals surface area contributed by atoms with E-state index in [9.17, 15) is 8.42 Å². The lowest BCUT2D eigenvalue weighted by molar-refractivity contribution is 0.336. The minimum atomic E-state index is -3.73. The predicted octanol–water partition coefficient (Wildman–Crippen LogP) is 3.78. The van der Waals surface area contributed by atoms with Crippen molar-refractivity contribution in [3.05, 3.63) is 58.9 Å². The summed E-state index contributed by atoms with van der Waals surface area (Å²) in [5, 5.41) is 4.45. The van der Waals surface area contributed by atoms with Gasteiger partial charge in [0.25, 0.3) is 0 Å². The van der Waals surface area contributed by atoms with Gasteiger partial charge < -0.3 is 9.26 Å². The average molecular weight is 422 g/mol. The van der Waals surface area contributed by atoms with E-state index in [0.29, 0.717) is 28.6 Å². The van der Waals surface area contributed by atoms with Gasteiger partial charge in [-0.1, -0.05) is 35.8 Å². The Hall–Kier alpha value is -2.42. The molecule has 0 saturated heterocycles. The summed E-state index contributed by atoms with van der Waals surface area (Å²) in [7, 11) is -0.704. The fourth-order valence-corrected chi connectivity index (χ4v) is 4.07. The number of hydrogen-bond donors (Lipinski definition) is 0. The van der Waals surface area contributed by atoms with E-state index in [0.717, 1.165) is 5.56 Å². The highest BCUT2D eigenvalue weighted by Gasteiger charge is 2.24. The number of methoxy groups -OCH3 is 1. The van der Waals surface area contributed by atoms with Crippen LogP contribution >= 0.6 is 11.6 Å². The second-order valence-electron chi connectivity index (χ2n) is 6.11. The van der Waals surface area contributed by atoms with E-state index < -0.39 is 10.0 Å². The standard InChI is InChI=1S/C19H20ClN3O4S/c1-4-13-11-16(8-9-17(13)26-3)28(24,25)23(2)12-18-21-19(22-27-18)14-6-5-7-15(20)10-14/h5-11H,4,12H2,1-3H3. The van der Waals surface area contributed by atoms with E-state index in [4.69, 9.17) is 20.9 Å². The number of benzene rings is 2. The molecule has 0 N–H and O–H groups in total. The molecule has 148 valence electrons. The number of hydrogen-bond acceptors (Lipinski definition) is 6. The molecule has 0 unspecified atom stereocenters. The first-order valence-corrected chi connectivity index (χ1v) is 10.4. The van der Waals surface area contributed by atoms with Crippen LogP contribution < -0.4 is 4.74 Å². The van der Waals surface area contributed by atoms with Crippen molar-refractivity contribution >= 4 is 21.6 Å². The molecule has 0 aliphatic heterocycles. The van der Waals surface area contributed by atoms with Crippen molar-refractivity contribution in [2.24, 2.45) is 0 Å². The van der Waals surface area contributed by atoms with Crippen LogP contribution in [-0.4, -0.2) is 37.0 Å². The Morgan fingerprint density at radius 2 is 2.00 bits per heavy atom. The maximum atomic E-state index is 12.9. The monoisotopic (exact) mass is 421 g/mol. The van der Waals surface area contributed by atoms with Crippen LogP contribution in [0.3, 0.4) is 0 Å². The Kier molecular flexibility index (Phi) is 6.02. The molecule has 7 nitrogen and oxygen atoms in total. The van der Waals surface area contributed by atoms with Crippen LogP contribution in [0.5, 0.6) is 5.75 Å². The molecule has 1 heterocycles. The molecule has 28 heavy (non-hydrogen) atoms. The molecular weight excluding hydrogens is 402 g/mol. The highest BCUT2D eigenvalue weighted by atomic mass is 35.5. The minimum absolute atomic E-state index is 0.0522. The number of rotatable bonds is 7. The van der Waals surface area contributed by atoms with Crippen molar-refractivity contribution in [3.8, 4) is 17.1 Å². The largest absolute Gasteiger partial charge is 0.496 e. The molecule has 1 aromatic heterocycles. The van der Waals surface area contributed by atoms with Gasteiger partial charge in [0.15, 0.2) is 0 Å². The number of halogens is 1. The lowest BCUT2D eigenvalue weighted by Gasteiger charge is -2.16. The van der Waals surface area contributed by atoms with Crippen molar-refractivity contribution in [3.63, 3.8) is 0 Å². The second kappa shape index (κ2) is 8.30. The molecule has 9 heteroatoms. The third-order valence-electron chi connectivity index (χ3n) is 4.25. The zero-order valence-corrected chi connectivity index (χ0v) is 17.3. The van der Waals surface area contributed by atoms with Crippen LogP contribution in [0.1, 0.15) is 18.4 Å². The maximum absolute atomic E-state index is 12.9. The summed E-state index contributed by atoms with van der Waals surface area (Å²) in [6, 6.07) is 11.8. The normalized spacial score (nSPS) is 11.8. The van der Waals surface area contributed by atoms with E-state index in [1.807, 2.05) is 6.92 Å². The highest BCUT2D eigenvalue weighted by Crippen LogP contribution is 2.25. The molecule has 0 fully saturated rings. The molecule has 0 radical (unpaired) electrons. The summed E-state index contributed by atoms with van der Waals surface area (Å²) in [6.45, 7) is 1.89. The summed E-state index contributed by atoms with van der Waals surface area (Å²) >= 11 is 5.98. The SMILES string of the molecule is CCc1cc(S(=O)(=O)N(C)Cc2nc(-c3cccc(Cl)c3)no2)ccc1OC. The molecule has 0 spiro atoms. The molecular formula is C19H20ClN3O4S. The van der Waals surface area contributed by atoms with Gasteiger partial charge in [0.05, 0.1) is 18.6 Å². The summed E-state index contributed by atoms with van der Waals surface area (Å²) in [4.78, 5) is 4.45. The molecule has 0 aliphatic carbocycles. The van der Waals surface area contributed by atoms with Crippen molar-refractivity contribution in [2.75, 3.05) is 14.2 Å². The third kappa shape index (κ3) is 4.19. The van der Waals surface area contributed by atoms with Gasteiger partial charge in [0, 0.05) is 17.6 Å². The number of aryl methyl sites for hydroxylation is 1. The van der Waals surface area contributed by atoms with Crippen LogP contribution in [0, 0.1) is 0 Å². The van der Waals surface area contributed by atoms with Crippen LogP contribution in [0.4, 0.5) is 0 Å². The number of nitrogens with zero attached hydrogens (tertiary/aromatic N) is 3. The molecule has 0 bridgehead atoms. The maximum Gasteiger partial charge on any atom is 0.243 e. The number of aromatic nitrogens is 2. The van der Waals surface area contributed by atoms with Gasteiger partial charge in [0.2, 0.25) is 21.7 Å². The molecule has 2 aromatic carbocycles. The third-order valence-corrected chi connectivity index (χ3v) is 6.28. The number of sulfonamides is 1. The Balaban J connectivity index is 1.81. The van der Waals surface area contributed by atoms with Crippen molar-refractivity contribution in [2.45, 2.75) is 24.8 Å². The first-order chi connectivity index (χ1) is 13.3. The molecule has 0 saturated carbocycles. The highest BCUT2D eigenvalue weighted by molar-refractivity contribution is 7.89. The van der Waals surface area contributed by atoms with E-state index in [-0.39, 0.29) is 17.3 Å². The molecule has 0 atom stereocenters. The van der Waals surface area contributed by atoms with Crippen molar-refractivity contribution in [1.82, 2.24) is 14.4 Å². The summed E-state index contributed by atoms with van der Waals surface area (Å²) in [6.07, 6.45) is 0.656. The first kappa shape index (κ1) is 20.3. The first-order valence-electron chi connectivity index (χ1n) is 8.57. The Labute approximate surface area is 168 Å². The quantitative estimate of drug-likeness (QED) is 0.577. The van der Waals surface area contributed by atoms with Crippen LogP contribution in [0.2, 0.25) is 5.02 Å². The summed E-state index contributed by atoms with van der Waals surface area (Å²) in [5.41, 5.74) is 1.51. The van der Waals surface area contributed by atoms with Crippen molar-refractivity contribution < 1.29 is 17.7 Å². The topological polar surface area (TPSA) is 85.5 Å². The lowest BCUT2D eigenvalue weighted by Crippen LogP contribution is -2.26. The second-order valence-corrected chi connectivity index (χ2v) is 8.59. The van der Waals surface area contributed by atoms with E-state index >= 15 is 0 Å². The van der Waals surface area contributed by atoms with E-state index in [1.54, 1.807) is 43.5 Å². The van der Waals surface area contributed by atoms with Gasteiger partial charge in [0.1, 0.15) is 5.75 Å². The fraction of sp³-hybridized carbons (Fsp3) is 0.263. The summed E-state index contributed by atoms with van der Waals surface area (Å²) in [5.74, 6) is 1.19. The van der Waals surface area contributed by atoms with E-state index in [1.165, 1.54) is 17.4 Å². The van der Waals surface area contributed by atoms with Gasteiger partial charge in [-0.3, -0.25) is 0 Å². The van der Waals surface area contributed by atoms with Gasteiger partial charge in [-0.15, -0.1) is 0 Å². The molecule has 3 aromatic rings. The summed E-state index contributed by atoms with van der Waals surface area (Å²) < 4.78 is 37.5. The fourth-order valence-electron chi connectivity index (χ4n) is 2.71. The smallest absolute Gasteiger partial charge is 0.243 e. The zero-order valence-electron chi connectivity index (χ0n) is 15.7. The molecule has 0 aliphatic rings. The van der Waals surface area contributed by atoms with Gasteiger partial charge >= 0.3 is 0 Å². The predicted molar refractivity (Wildman–Crippen MR) is 106 cm³/mol. The molecule has 0 amide bonds. The van der Waals surface area contributed by atoms with Gasteiger partial charge in [-0.2, -0.15) is 9.29 Å². The zero-order chi connectivity index (χ0) is 20.3. The van der Waals surface area contributed by atoms with Crippen LogP contribution in [-0.2, 0) is 23.0 Å². The van der Waals surface area contributed by atoms with Gasteiger partial charge in [-0.05, 0) is 42.3 Å². The Morgan fingerprint density at radius 3 is 2.68 bits per heavy atom. The minimum Gasteiger partial charge on any atom is -0.496 e. The number of ether oxygens (including phenoxy) is 1. The Morgan fingerprint density at radius 1 is 1.21 bits per heavy atom. The Bertz CT molecular complexity index is 1080. The lowest BCUT2D eigenvalue weighted by atomic mass is 10.1. The van der Waals surface area contributed by atoms with Gasteiger partial charge in [-0.25, -0.2) is 8.42 Å².